The maximum Gasteiger partial charge on any atom is 0.226 e. The standard InChI is InChI=1S/C18H20N4O/c1-10(2)17-16-12(9-15(23)19-18(16)21-20-17)14-8-11-6-4-5-7-13(11)22(14)3/h4-8,10,12H,9H2,1-3H3,(H2,19,20,21,23)/t12-/m0/s1. The number of amides is 1. The van der Waals surface area contributed by atoms with Gasteiger partial charge in [-0.15, -0.1) is 0 Å². The Labute approximate surface area is 134 Å². The first-order valence-electron chi connectivity index (χ1n) is 7.98. The second-order valence-electron chi connectivity index (χ2n) is 6.55. The van der Waals surface area contributed by atoms with Gasteiger partial charge < -0.3 is 9.88 Å². The number of para-hydroxylation sites is 1. The number of carbonyl (C=O) groups is 1. The van der Waals surface area contributed by atoms with Crippen LogP contribution in [0.15, 0.2) is 30.3 Å². The first-order chi connectivity index (χ1) is 11.1. The Bertz CT molecular complexity index is 903. The van der Waals surface area contributed by atoms with E-state index in [0.717, 1.165) is 17.0 Å². The van der Waals surface area contributed by atoms with Crippen LogP contribution in [0.2, 0.25) is 0 Å². The van der Waals surface area contributed by atoms with Crippen molar-refractivity contribution in [2.75, 3.05) is 5.32 Å². The molecule has 0 aliphatic carbocycles. The molecule has 0 saturated carbocycles. The van der Waals surface area contributed by atoms with Crippen molar-refractivity contribution in [3.05, 3.63) is 47.3 Å². The van der Waals surface area contributed by atoms with Crippen molar-refractivity contribution in [3.8, 4) is 0 Å². The van der Waals surface area contributed by atoms with Crippen molar-refractivity contribution in [3.63, 3.8) is 0 Å². The van der Waals surface area contributed by atoms with Gasteiger partial charge in [-0.05, 0) is 23.4 Å². The van der Waals surface area contributed by atoms with Gasteiger partial charge in [0.05, 0.1) is 0 Å². The largest absolute Gasteiger partial charge is 0.347 e. The fourth-order valence-electron chi connectivity index (χ4n) is 3.62. The molecule has 23 heavy (non-hydrogen) atoms. The molecule has 2 aromatic heterocycles. The summed E-state index contributed by atoms with van der Waals surface area (Å²) in [4.78, 5) is 12.1. The van der Waals surface area contributed by atoms with E-state index in [2.05, 4.69) is 59.2 Å². The van der Waals surface area contributed by atoms with Gasteiger partial charge in [0.2, 0.25) is 5.91 Å². The molecule has 0 unspecified atom stereocenters. The predicted octanol–water partition coefficient (Wildman–Crippen LogP) is 3.50. The van der Waals surface area contributed by atoms with E-state index < -0.39 is 0 Å². The smallest absolute Gasteiger partial charge is 0.226 e. The number of fused-ring (bicyclic) bond motifs is 2. The van der Waals surface area contributed by atoms with E-state index in [0.29, 0.717) is 18.2 Å². The molecule has 3 heterocycles. The maximum atomic E-state index is 12.1. The number of aromatic amines is 1. The lowest BCUT2D eigenvalue weighted by molar-refractivity contribution is -0.116. The Balaban J connectivity index is 1.93. The van der Waals surface area contributed by atoms with Gasteiger partial charge >= 0.3 is 0 Å². The summed E-state index contributed by atoms with van der Waals surface area (Å²) in [5.41, 5.74) is 4.58. The van der Waals surface area contributed by atoms with E-state index in [-0.39, 0.29) is 11.8 Å². The molecular formula is C18H20N4O. The molecule has 0 saturated heterocycles. The summed E-state index contributed by atoms with van der Waals surface area (Å²) in [5, 5.41) is 11.5. The van der Waals surface area contributed by atoms with Crippen LogP contribution in [0, 0.1) is 0 Å². The second-order valence-corrected chi connectivity index (χ2v) is 6.55. The number of H-pyrrole nitrogens is 1. The highest BCUT2D eigenvalue weighted by molar-refractivity contribution is 5.95. The highest BCUT2D eigenvalue weighted by atomic mass is 16.1. The number of aromatic nitrogens is 3. The zero-order valence-corrected chi connectivity index (χ0v) is 13.6. The molecule has 1 aromatic carbocycles. The molecule has 3 aromatic rings. The molecule has 5 heteroatoms. The average Bonchev–Trinajstić information content (AvgIpc) is 3.08. The summed E-state index contributed by atoms with van der Waals surface area (Å²) in [5.74, 6) is 1.07. The molecule has 5 nitrogen and oxygen atoms in total. The molecule has 4 rings (SSSR count). The summed E-state index contributed by atoms with van der Waals surface area (Å²) in [6.45, 7) is 4.28. The van der Waals surface area contributed by atoms with Gasteiger partial charge in [-0.3, -0.25) is 9.89 Å². The minimum absolute atomic E-state index is 0.0227. The SMILES string of the molecule is CC(C)c1[nH]nc2c1[C@H](c1cc3ccccc3n1C)CC(=O)N2. The summed E-state index contributed by atoms with van der Waals surface area (Å²) >= 11 is 0. The first kappa shape index (κ1) is 14.1. The third kappa shape index (κ3) is 2.07. The van der Waals surface area contributed by atoms with Crippen LogP contribution in [-0.4, -0.2) is 20.7 Å². The van der Waals surface area contributed by atoms with Gasteiger partial charge in [-0.25, -0.2) is 0 Å². The number of aryl methyl sites for hydroxylation is 1. The molecule has 0 radical (unpaired) electrons. The lowest BCUT2D eigenvalue weighted by atomic mass is 9.86. The highest BCUT2D eigenvalue weighted by Gasteiger charge is 2.33. The van der Waals surface area contributed by atoms with E-state index in [1.807, 2.05) is 12.1 Å². The van der Waals surface area contributed by atoms with Crippen LogP contribution >= 0.6 is 0 Å². The first-order valence-corrected chi connectivity index (χ1v) is 7.98. The number of hydrogen-bond acceptors (Lipinski definition) is 2. The third-order valence-electron chi connectivity index (χ3n) is 4.75. The Morgan fingerprint density at radius 2 is 2.09 bits per heavy atom. The predicted molar refractivity (Wildman–Crippen MR) is 90.7 cm³/mol. The van der Waals surface area contributed by atoms with Crippen LogP contribution in [0.5, 0.6) is 0 Å². The van der Waals surface area contributed by atoms with Crippen molar-refractivity contribution in [1.29, 1.82) is 0 Å². The van der Waals surface area contributed by atoms with Crippen molar-refractivity contribution >= 4 is 22.6 Å². The van der Waals surface area contributed by atoms with Gasteiger partial charge in [0.1, 0.15) is 0 Å². The van der Waals surface area contributed by atoms with Crippen LogP contribution < -0.4 is 5.32 Å². The normalized spacial score (nSPS) is 17.6. The molecule has 0 bridgehead atoms. The minimum atomic E-state index is 0.0227. The van der Waals surface area contributed by atoms with Gasteiger partial charge in [-0.1, -0.05) is 32.0 Å². The Morgan fingerprint density at radius 1 is 1.30 bits per heavy atom. The minimum Gasteiger partial charge on any atom is -0.347 e. The van der Waals surface area contributed by atoms with Gasteiger partial charge in [0.15, 0.2) is 5.82 Å². The number of rotatable bonds is 2. The third-order valence-corrected chi connectivity index (χ3v) is 4.75. The number of nitrogens with one attached hydrogen (secondary N) is 2. The summed E-state index contributed by atoms with van der Waals surface area (Å²) in [7, 11) is 2.07. The maximum absolute atomic E-state index is 12.1. The molecule has 1 atom stereocenters. The zero-order chi connectivity index (χ0) is 16.1. The van der Waals surface area contributed by atoms with Crippen molar-refractivity contribution in [2.45, 2.75) is 32.1 Å². The van der Waals surface area contributed by atoms with Crippen molar-refractivity contribution < 1.29 is 4.79 Å². The Kier molecular flexibility index (Phi) is 3.04. The average molecular weight is 308 g/mol. The van der Waals surface area contributed by atoms with E-state index in [9.17, 15) is 4.79 Å². The summed E-state index contributed by atoms with van der Waals surface area (Å²) < 4.78 is 2.19. The van der Waals surface area contributed by atoms with E-state index >= 15 is 0 Å². The van der Waals surface area contributed by atoms with Crippen LogP contribution in [0.4, 0.5) is 5.82 Å². The topological polar surface area (TPSA) is 62.7 Å². The fraction of sp³-hybridized carbons (Fsp3) is 0.333. The van der Waals surface area contributed by atoms with Crippen LogP contribution in [0.3, 0.4) is 0 Å². The summed E-state index contributed by atoms with van der Waals surface area (Å²) in [6, 6.07) is 10.5. The van der Waals surface area contributed by atoms with Crippen LogP contribution in [-0.2, 0) is 11.8 Å². The number of benzene rings is 1. The number of hydrogen-bond donors (Lipinski definition) is 2. The lowest BCUT2D eigenvalue weighted by Crippen LogP contribution is -2.25. The molecule has 0 spiro atoms. The van der Waals surface area contributed by atoms with Crippen LogP contribution in [0.25, 0.3) is 10.9 Å². The van der Waals surface area contributed by atoms with E-state index in [1.54, 1.807) is 0 Å². The van der Waals surface area contributed by atoms with Crippen molar-refractivity contribution in [2.24, 2.45) is 7.05 Å². The molecule has 118 valence electrons. The monoisotopic (exact) mass is 308 g/mol. The Hall–Kier alpha value is -2.56. The highest BCUT2D eigenvalue weighted by Crippen LogP contribution is 2.41. The summed E-state index contributed by atoms with van der Waals surface area (Å²) in [6.07, 6.45) is 0.455. The molecular weight excluding hydrogens is 288 g/mol. The second kappa shape index (κ2) is 4.98. The quantitative estimate of drug-likeness (QED) is 0.761. The lowest BCUT2D eigenvalue weighted by Gasteiger charge is -2.24. The van der Waals surface area contributed by atoms with E-state index in [1.165, 1.54) is 10.9 Å². The van der Waals surface area contributed by atoms with Gasteiger partial charge in [0, 0.05) is 41.9 Å². The number of anilines is 1. The molecule has 0 fully saturated rings. The zero-order valence-electron chi connectivity index (χ0n) is 13.6. The van der Waals surface area contributed by atoms with Crippen molar-refractivity contribution in [1.82, 2.24) is 14.8 Å². The van der Waals surface area contributed by atoms with Gasteiger partial charge in [0.25, 0.3) is 0 Å². The Morgan fingerprint density at radius 3 is 2.83 bits per heavy atom. The molecule has 2 N–H and O–H groups in total. The fourth-order valence-corrected chi connectivity index (χ4v) is 3.62. The van der Waals surface area contributed by atoms with E-state index in [4.69, 9.17) is 0 Å². The molecule has 1 aliphatic heterocycles. The number of carbonyl (C=O) groups excluding carboxylic acids is 1. The number of nitrogens with zero attached hydrogens (tertiary/aromatic N) is 2. The van der Waals surface area contributed by atoms with Crippen LogP contribution in [0.1, 0.15) is 49.1 Å². The van der Waals surface area contributed by atoms with Gasteiger partial charge in [-0.2, -0.15) is 5.10 Å². The molecule has 1 aliphatic rings. The molecule has 1 amide bonds.